The minimum atomic E-state index is -0.225. The molecule has 0 saturated heterocycles. The second-order valence-corrected chi connectivity index (χ2v) is 9.20. The highest BCUT2D eigenvalue weighted by molar-refractivity contribution is 5.94. The van der Waals surface area contributed by atoms with Gasteiger partial charge in [0.25, 0.3) is 0 Å². The van der Waals surface area contributed by atoms with Crippen molar-refractivity contribution in [1.82, 2.24) is 14.7 Å². The van der Waals surface area contributed by atoms with Gasteiger partial charge in [-0.1, -0.05) is 81.6 Å². The zero-order chi connectivity index (χ0) is 24.5. The van der Waals surface area contributed by atoms with Gasteiger partial charge in [0.1, 0.15) is 5.82 Å². The monoisotopic (exact) mass is 460 g/mol. The molecule has 1 aromatic heterocycles. The molecule has 0 aliphatic heterocycles. The van der Waals surface area contributed by atoms with Crippen molar-refractivity contribution in [2.24, 2.45) is 5.92 Å². The number of unbranched alkanes of at least 4 members (excludes halogenated alkanes) is 2. The summed E-state index contributed by atoms with van der Waals surface area (Å²) in [4.78, 5) is 27.5. The number of hydrogen-bond acceptors (Lipinski definition) is 3. The summed E-state index contributed by atoms with van der Waals surface area (Å²) in [5.74, 6) is 0.674. The quantitative estimate of drug-likeness (QED) is 0.365. The summed E-state index contributed by atoms with van der Waals surface area (Å²) in [6.07, 6.45) is 3.41. The lowest BCUT2D eigenvalue weighted by atomic mass is 10.1. The molecule has 2 aromatic carbocycles. The molecule has 2 amide bonds. The summed E-state index contributed by atoms with van der Waals surface area (Å²) in [5, 5.41) is 7.77. The van der Waals surface area contributed by atoms with Gasteiger partial charge in [0.05, 0.1) is 17.9 Å². The lowest BCUT2D eigenvalue weighted by Crippen LogP contribution is -2.40. The maximum atomic E-state index is 13.1. The Morgan fingerprint density at radius 3 is 2.38 bits per heavy atom. The maximum absolute atomic E-state index is 13.1. The van der Waals surface area contributed by atoms with Gasteiger partial charge in [0.15, 0.2) is 0 Å². The first kappa shape index (κ1) is 25.2. The Kier molecular flexibility index (Phi) is 9.02. The van der Waals surface area contributed by atoms with Crippen LogP contribution in [0.3, 0.4) is 0 Å². The average Bonchev–Trinajstić information content (AvgIpc) is 3.23. The molecule has 0 aliphatic carbocycles. The van der Waals surface area contributed by atoms with Gasteiger partial charge in [0.2, 0.25) is 11.8 Å². The van der Waals surface area contributed by atoms with Crippen LogP contribution in [-0.4, -0.2) is 39.6 Å². The second-order valence-electron chi connectivity index (χ2n) is 9.20. The molecule has 6 heteroatoms. The van der Waals surface area contributed by atoms with E-state index < -0.39 is 0 Å². The van der Waals surface area contributed by atoms with Crippen LogP contribution in [0.2, 0.25) is 0 Å². The fourth-order valence-corrected chi connectivity index (χ4v) is 3.84. The number of nitrogens with one attached hydrogen (secondary N) is 1. The van der Waals surface area contributed by atoms with Crippen LogP contribution in [-0.2, 0) is 9.59 Å². The molecule has 0 unspecified atom stereocenters. The third kappa shape index (κ3) is 7.04. The largest absolute Gasteiger partial charge is 0.333 e. The predicted octanol–water partition coefficient (Wildman–Crippen LogP) is 5.85. The molecule has 0 spiro atoms. The van der Waals surface area contributed by atoms with Gasteiger partial charge < -0.3 is 10.2 Å². The van der Waals surface area contributed by atoms with Crippen molar-refractivity contribution < 1.29 is 9.59 Å². The zero-order valence-electron chi connectivity index (χ0n) is 20.8. The van der Waals surface area contributed by atoms with Crippen molar-refractivity contribution in [3.63, 3.8) is 0 Å². The van der Waals surface area contributed by atoms with Crippen LogP contribution in [0.15, 0.2) is 60.7 Å². The van der Waals surface area contributed by atoms with Crippen molar-refractivity contribution in [3.05, 3.63) is 66.2 Å². The summed E-state index contributed by atoms with van der Waals surface area (Å²) in [5.41, 5.74) is 3.75. The zero-order valence-corrected chi connectivity index (χ0v) is 20.8. The number of anilines is 1. The van der Waals surface area contributed by atoms with Crippen LogP contribution < -0.4 is 5.32 Å². The van der Waals surface area contributed by atoms with Crippen LogP contribution >= 0.6 is 0 Å². The van der Waals surface area contributed by atoms with E-state index >= 15 is 0 Å². The summed E-state index contributed by atoms with van der Waals surface area (Å²) >= 11 is 0. The van der Waals surface area contributed by atoms with Crippen LogP contribution in [0, 0.1) is 12.8 Å². The van der Waals surface area contributed by atoms with E-state index in [2.05, 4.69) is 26.1 Å². The third-order valence-corrected chi connectivity index (χ3v) is 5.59. The Morgan fingerprint density at radius 2 is 1.74 bits per heavy atom. The molecule has 0 aliphatic rings. The number of benzene rings is 2. The van der Waals surface area contributed by atoms with Gasteiger partial charge in [-0.25, -0.2) is 4.68 Å². The predicted molar refractivity (Wildman–Crippen MR) is 138 cm³/mol. The van der Waals surface area contributed by atoms with Gasteiger partial charge in [-0.15, -0.1) is 0 Å². The van der Waals surface area contributed by atoms with Crippen LogP contribution in [0.1, 0.15) is 52.0 Å². The molecule has 6 nitrogen and oxygen atoms in total. The highest BCUT2D eigenvalue weighted by Crippen LogP contribution is 2.25. The minimum absolute atomic E-state index is 0.0306. The SMILES string of the molecule is CCCCCC(=O)N(CC(=O)Nc1cc(-c2ccccc2)nn1-c1ccc(C)cc1)CC(C)C. The molecule has 0 bridgehead atoms. The standard InChI is InChI=1S/C28H36N4O2/c1-5-6-8-13-28(34)31(19-21(2)3)20-27(33)29-26-18-25(23-11-9-7-10-12-23)30-32(26)24-16-14-22(4)15-17-24/h7,9-12,14-18,21H,5-6,8,13,19-20H2,1-4H3,(H,29,33). The van der Waals surface area contributed by atoms with E-state index in [9.17, 15) is 9.59 Å². The van der Waals surface area contributed by atoms with E-state index in [1.54, 1.807) is 9.58 Å². The van der Waals surface area contributed by atoms with E-state index in [1.165, 1.54) is 0 Å². The molecule has 0 fully saturated rings. The van der Waals surface area contributed by atoms with Crippen molar-refractivity contribution in [2.45, 2.75) is 53.4 Å². The smallest absolute Gasteiger partial charge is 0.245 e. The van der Waals surface area contributed by atoms with Crippen molar-refractivity contribution in [1.29, 1.82) is 0 Å². The number of amides is 2. The number of nitrogens with zero attached hydrogens (tertiary/aromatic N) is 3. The van der Waals surface area contributed by atoms with E-state index in [-0.39, 0.29) is 24.3 Å². The summed E-state index contributed by atoms with van der Waals surface area (Å²) < 4.78 is 1.75. The Bertz CT molecular complexity index is 1070. The normalized spacial score (nSPS) is 11.0. The topological polar surface area (TPSA) is 67.2 Å². The Morgan fingerprint density at radius 1 is 1.03 bits per heavy atom. The number of carbonyl (C=O) groups is 2. The second kappa shape index (κ2) is 12.2. The Labute approximate surface area is 203 Å². The van der Waals surface area contributed by atoms with Gasteiger partial charge >= 0.3 is 0 Å². The Hall–Kier alpha value is -3.41. The summed E-state index contributed by atoms with van der Waals surface area (Å²) in [6, 6.07) is 19.8. The van der Waals surface area contributed by atoms with Crippen LogP contribution in [0.5, 0.6) is 0 Å². The molecular weight excluding hydrogens is 424 g/mol. The average molecular weight is 461 g/mol. The van der Waals surface area contributed by atoms with E-state index in [0.717, 1.165) is 41.8 Å². The van der Waals surface area contributed by atoms with Gasteiger partial charge in [-0.3, -0.25) is 9.59 Å². The van der Waals surface area contributed by atoms with Crippen LogP contribution in [0.4, 0.5) is 5.82 Å². The number of rotatable bonds is 11. The lowest BCUT2D eigenvalue weighted by Gasteiger charge is -2.24. The van der Waals surface area contributed by atoms with Gasteiger partial charge in [0, 0.05) is 24.6 Å². The summed E-state index contributed by atoms with van der Waals surface area (Å²) in [7, 11) is 0. The molecule has 0 atom stereocenters. The minimum Gasteiger partial charge on any atom is -0.333 e. The molecule has 180 valence electrons. The maximum Gasteiger partial charge on any atom is 0.245 e. The van der Waals surface area contributed by atoms with Gasteiger partial charge in [-0.05, 0) is 31.4 Å². The number of hydrogen-bond donors (Lipinski definition) is 1. The van der Waals surface area contributed by atoms with Crippen molar-refractivity contribution >= 4 is 17.6 Å². The molecule has 3 rings (SSSR count). The molecule has 1 N–H and O–H groups in total. The highest BCUT2D eigenvalue weighted by Gasteiger charge is 2.20. The highest BCUT2D eigenvalue weighted by atomic mass is 16.2. The van der Waals surface area contributed by atoms with E-state index in [1.807, 2.05) is 67.6 Å². The third-order valence-electron chi connectivity index (χ3n) is 5.59. The van der Waals surface area contributed by atoms with Crippen molar-refractivity contribution in [2.75, 3.05) is 18.4 Å². The molecule has 3 aromatic rings. The number of aryl methyl sites for hydroxylation is 1. The number of carbonyl (C=O) groups excluding carboxylic acids is 2. The molecule has 0 radical (unpaired) electrons. The van der Waals surface area contributed by atoms with Crippen molar-refractivity contribution in [3.8, 4) is 16.9 Å². The fourth-order valence-electron chi connectivity index (χ4n) is 3.84. The molecular formula is C28H36N4O2. The van der Waals surface area contributed by atoms with Gasteiger partial charge in [-0.2, -0.15) is 5.10 Å². The first-order chi connectivity index (χ1) is 16.4. The molecule has 0 saturated carbocycles. The molecule has 1 heterocycles. The van der Waals surface area contributed by atoms with E-state index in [4.69, 9.17) is 5.10 Å². The molecule has 34 heavy (non-hydrogen) atoms. The first-order valence-corrected chi connectivity index (χ1v) is 12.2. The summed E-state index contributed by atoms with van der Waals surface area (Å²) in [6.45, 7) is 8.86. The lowest BCUT2D eigenvalue weighted by molar-refractivity contribution is -0.135. The number of aromatic nitrogens is 2. The van der Waals surface area contributed by atoms with Crippen LogP contribution in [0.25, 0.3) is 16.9 Å². The fraction of sp³-hybridized carbons (Fsp3) is 0.393. The van der Waals surface area contributed by atoms with E-state index in [0.29, 0.717) is 18.8 Å². The first-order valence-electron chi connectivity index (χ1n) is 12.2. The Balaban J connectivity index is 1.83.